The number of ether oxygens (including phenoxy) is 1. The molecule has 134 valence electrons. The predicted molar refractivity (Wildman–Crippen MR) is 96.5 cm³/mol. The van der Waals surface area contributed by atoms with E-state index in [9.17, 15) is 9.18 Å². The molecule has 1 aromatic heterocycles. The smallest absolute Gasteiger partial charge is 0.317 e. The maximum atomic E-state index is 12.8. The summed E-state index contributed by atoms with van der Waals surface area (Å²) in [6.45, 7) is 4.97. The molecule has 1 saturated heterocycles. The summed E-state index contributed by atoms with van der Waals surface area (Å²) in [5.41, 5.74) is 0. The highest BCUT2D eigenvalue weighted by molar-refractivity contribution is 7.09. The third-order valence-corrected chi connectivity index (χ3v) is 4.94. The van der Waals surface area contributed by atoms with Crippen LogP contribution < -0.4 is 10.1 Å². The number of piperazine rings is 1. The number of carbonyl (C=O) groups is 1. The van der Waals surface area contributed by atoms with Gasteiger partial charge in [-0.05, 0) is 35.7 Å². The van der Waals surface area contributed by atoms with Crippen LogP contribution in [0.1, 0.15) is 4.88 Å². The molecule has 1 fully saturated rings. The monoisotopic (exact) mass is 363 g/mol. The Bertz CT molecular complexity index is 655. The van der Waals surface area contributed by atoms with Crippen molar-refractivity contribution in [3.8, 4) is 5.75 Å². The average Bonchev–Trinajstić information content (AvgIpc) is 3.14. The van der Waals surface area contributed by atoms with E-state index in [0.29, 0.717) is 18.9 Å². The molecule has 0 radical (unpaired) electrons. The van der Waals surface area contributed by atoms with Crippen LogP contribution >= 0.6 is 11.3 Å². The first-order valence-corrected chi connectivity index (χ1v) is 9.24. The zero-order valence-corrected chi connectivity index (χ0v) is 14.8. The van der Waals surface area contributed by atoms with Crippen LogP contribution in [0.4, 0.5) is 9.18 Å². The van der Waals surface area contributed by atoms with E-state index in [1.807, 2.05) is 4.90 Å². The average molecular weight is 363 g/mol. The fourth-order valence-electron chi connectivity index (χ4n) is 2.70. The van der Waals surface area contributed by atoms with Crippen molar-refractivity contribution < 1.29 is 13.9 Å². The molecule has 1 N–H and O–H groups in total. The Kier molecular flexibility index (Phi) is 6.25. The van der Waals surface area contributed by atoms with Gasteiger partial charge in [-0.25, -0.2) is 9.18 Å². The lowest BCUT2D eigenvalue weighted by Gasteiger charge is -2.34. The Morgan fingerprint density at radius 1 is 1.16 bits per heavy atom. The summed E-state index contributed by atoms with van der Waals surface area (Å²) in [6.07, 6.45) is 0. The second kappa shape index (κ2) is 8.82. The van der Waals surface area contributed by atoms with Gasteiger partial charge in [0.15, 0.2) is 0 Å². The van der Waals surface area contributed by atoms with Crippen LogP contribution in [0.2, 0.25) is 0 Å². The molecule has 1 aliphatic rings. The van der Waals surface area contributed by atoms with Gasteiger partial charge in [-0.3, -0.25) is 4.90 Å². The lowest BCUT2D eigenvalue weighted by atomic mass is 10.3. The van der Waals surface area contributed by atoms with Crippen LogP contribution in [-0.2, 0) is 6.54 Å². The molecule has 25 heavy (non-hydrogen) atoms. The predicted octanol–water partition coefficient (Wildman–Crippen LogP) is 2.79. The first-order chi connectivity index (χ1) is 12.2. The summed E-state index contributed by atoms with van der Waals surface area (Å²) in [4.78, 5) is 17.7. The maximum absolute atomic E-state index is 12.8. The first-order valence-electron chi connectivity index (χ1n) is 8.36. The number of nitrogens with one attached hydrogen (secondary N) is 1. The summed E-state index contributed by atoms with van der Waals surface area (Å²) in [6, 6.07) is 10.0. The number of thiophene rings is 1. The Morgan fingerprint density at radius 2 is 1.92 bits per heavy atom. The third kappa shape index (κ3) is 5.44. The van der Waals surface area contributed by atoms with Gasteiger partial charge in [0.2, 0.25) is 0 Å². The van der Waals surface area contributed by atoms with E-state index >= 15 is 0 Å². The van der Waals surface area contributed by atoms with Crippen LogP contribution in [0.5, 0.6) is 5.75 Å². The van der Waals surface area contributed by atoms with Crippen LogP contribution in [0, 0.1) is 5.82 Å². The summed E-state index contributed by atoms with van der Waals surface area (Å²) in [5.74, 6) is 0.303. The van der Waals surface area contributed by atoms with Gasteiger partial charge in [-0.2, -0.15) is 0 Å². The molecule has 0 aliphatic carbocycles. The number of nitrogens with zero attached hydrogens (tertiary/aromatic N) is 2. The van der Waals surface area contributed by atoms with E-state index in [-0.39, 0.29) is 11.8 Å². The summed E-state index contributed by atoms with van der Waals surface area (Å²) in [5, 5.41) is 4.96. The van der Waals surface area contributed by atoms with Gasteiger partial charge >= 0.3 is 6.03 Å². The van der Waals surface area contributed by atoms with Crippen LogP contribution in [0.25, 0.3) is 0 Å². The topological polar surface area (TPSA) is 44.8 Å². The molecule has 7 heteroatoms. The second-order valence-corrected chi connectivity index (χ2v) is 6.91. The summed E-state index contributed by atoms with van der Waals surface area (Å²) >= 11 is 1.77. The van der Waals surface area contributed by atoms with E-state index < -0.39 is 0 Å². The summed E-state index contributed by atoms with van der Waals surface area (Å²) < 4.78 is 18.3. The third-order valence-electron chi connectivity index (χ3n) is 4.08. The number of hydrogen-bond donors (Lipinski definition) is 1. The number of hydrogen-bond acceptors (Lipinski definition) is 4. The molecular weight excluding hydrogens is 341 g/mol. The number of benzene rings is 1. The van der Waals surface area contributed by atoms with E-state index in [4.69, 9.17) is 4.74 Å². The van der Waals surface area contributed by atoms with Gasteiger partial charge in [0.05, 0.1) is 6.54 Å². The normalized spacial score (nSPS) is 15.2. The summed E-state index contributed by atoms with van der Waals surface area (Å²) in [7, 11) is 0. The van der Waals surface area contributed by atoms with Crippen molar-refractivity contribution in [2.45, 2.75) is 6.54 Å². The minimum atomic E-state index is -0.293. The molecule has 0 unspecified atom stereocenters. The van der Waals surface area contributed by atoms with Crippen molar-refractivity contribution in [1.82, 2.24) is 15.1 Å². The largest absolute Gasteiger partial charge is 0.492 e. The standard InChI is InChI=1S/C18H22FN3O2S/c19-15-3-5-16(6-4-15)24-12-7-20-18(23)22-10-8-21(9-11-22)14-17-2-1-13-25-17/h1-6,13H,7-12,14H2,(H,20,23). The molecule has 0 spiro atoms. The van der Waals surface area contributed by atoms with Gasteiger partial charge in [-0.15, -0.1) is 11.3 Å². The minimum Gasteiger partial charge on any atom is -0.492 e. The Balaban J connectivity index is 1.32. The van der Waals surface area contributed by atoms with Gasteiger partial charge in [0.25, 0.3) is 0 Å². The highest BCUT2D eigenvalue weighted by atomic mass is 32.1. The quantitative estimate of drug-likeness (QED) is 0.803. The molecular formula is C18H22FN3O2S. The Hall–Kier alpha value is -2.12. The number of urea groups is 1. The fourth-order valence-corrected chi connectivity index (χ4v) is 3.45. The molecule has 2 heterocycles. The molecule has 2 aromatic rings. The molecule has 1 aliphatic heterocycles. The number of carbonyl (C=O) groups excluding carboxylic acids is 1. The van der Waals surface area contributed by atoms with Crippen molar-refractivity contribution in [3.05, 3.63) is 52.5 Å². The van der Waals surface area contributed by atoms with Crippen molar-refractivity contribution in [2.24, 2.45) is 0 Å². The van der Waals surface area contributed by atoms with Crippen molar-refractivity contribution in [3.63, 3.8) is 0 Å². The first kappa shape index (κ1) is 17.7. The van der Waals surface area contributed by atoms with Gasteiger partial charge in [-0.1, -0.05) is 6.07 Å². The number of amides is 2. The molecule has 0 atom stereocenters. The molecule has 0 saturated carbocycles. The van der Waals surface area contributed by atoms with Gasteiger partial charge < -0.3 is 15.0 Å². The SMILES string of the molecule is O=C(NCCOc1ccc(F)cc1)N1CCN(Cc2cccs2)CC1. The van der Waals surface area contributed by atoms with Crippen molar-refractivity contribution in [2.75, 3.05) is 39.3 Å². The van der Waals surface area contributed by atoms with Crippen LogP contribution in [0.3, 0.4) is 0 Å². The molecule has 1 aromatic carbocycles. The highest BCUT2D eigenvalue weighted by Gasteiger charge is 2.20. The Labute approximate surface area is 151 Å². The lowest BCUT2D eigenvalue weighted by molar-refractivity contribution is 0.135. The molecule has 2 amide bonds. The number of halogens is 1. The van der Waals surface area contributed by atoms with Gasteiger partial charge in [0.1, 0.15) is 18.2 Å². The fraction of sp³-hybridized carbons (Fsp3) is 0.389. The minimum absolute atomic E-state index is 0.0570. The van der Waals surface area contributed by atoms with Gasteiger partial charge in [0, 0.05) is 37.6 Å². The second-order valence-electron chi connectivity index (χ2n) is 5.88. The zero-order valence-electron chi connectivity index (χ0n) is 14.0. The van der Waals surface area contributed by atoms with E-state index in [1.54, 1.807) is 23.5 Å². The van der Waals surface area contributed by atoms with E-state index in [0.717, 1.165) is 32.7 Å². The lowest BCUT2D eigenvalue weighted by Crippen LogP contribution is -2.51. The zero-order chi connectivity index (χ0) is 17.5. The number of rotatable bonds is 6. The van der Waals surface area contributed by atoms with E-state index in [2.05, 4.69) is 27.7 Å². The van der Waals surface area contributed by atoms with Crippen LogP contribution in [-0.4, -0.2) is 55.2 Å². The van der Waals surface area contributed by atoms with Crippen molar-refractivity contribution in [1.29, 1.82) is 0 Å². The molecule has 5 nitrogen and oxygen atoms in total. The molecule has 0 bridgehead atoms. The van der Waals surface area contributed by atoms with Crippen molar-refractivity contribution >= 4 is 17.4 Å². The highest BCUT2D eigenvalue weighted by Crippen LogP contribution is 2.13. The maximum Gasteiger partial charge on any atom is 0.317 e. The van der Waals surface area contributed by atoms with E-state index in [1.165, 1.54) is 17.0 Å². The Morgan fingerprint density at radius 3 is 2.60 bits per heavy atom. The molecule has 3 rings (SSSR count). The van der Waals surface area contributed by atoms with Crippen LogP contribution in [0.15, 0.2) is 41.8 Å².